The number of benzene rings is 1. The molecule has 14 heavy (non-hydrogen) atoms. The van der Waals surface area contributed by atoms with Crippen molar-refractivity contribution < 1.29 is 9.90 Å². The fourth-order valence-corrected chi connectivity index (χ4v) is 1.10. The molecular weight excluding hydrogens is 178 g/mol. The normalized spacial score (nSPS) is 8.29. The fraction of sp³-hybridized carbons (Fsp3) is 0.0909. The molecule has 3 nitrogen and oxygen atoms in total. The zero-order valence-corrected chi connectivity index (χ0v) is 7.53. The van der Waals surface area contributed by atoms with Gasteiger partial charge in [0.1, 0.15) is 0 Å². The van der Waals surface area contributed by atoms with Crippen molar-refractivity contribution in [1.29, 1.82) is 5.26 Å². The van der Waals surface area contributed by atoms with Crippen molar-refractivity contribution in [2.24, 2.45) is 0 Å². The van der Waals surface area contributed by atoms with Crippen molar-refractivity contribution in [2.75, 3.05) is 0 Å². The van der Waals surface area contributed by atoms with Crippen LogP contribution in [0.5, 0.6) is 0 Å². The Balaban J connectivity index is 3.29. The third-order valence-electron chi connectivity index (χ3n) is 1.82. The second-order valence-electron chi connectivity index (χ2n) is 2.65. The number of carbonyl (C=O) groups is 1. The van der Waals surface area contributed by atoms with Crippen LogP contribution < -0.4 is 0 Å². The average Bonchev–Trinajstić information content (AvgIpc) is 2.16. The highest BCUT2D eigenvalue weighted by atomic mass is 16.4. The summed E-state index contributed by atoms with van der Waals surface area (Å²) in [5.41, 5.74) is 1.38. The van der Waals surface area contributed by atoms with E-state index in [0.717, 1.165) is 0 Å². The zero-order valence-electron chi connectivity index (χ0n) is 7.53. The van der Waals surface area contributed by atoms with E-state index in [-0.39, 0.29) is 5.56 Å². The van der Waals surface area contributed by atoms with Gasteiger partial charge in [0.2, 0.25) is 0 Å². The number of hydrogen-bond donors (Lipinski definition) is 1. The molecule has 0 unspecified atom stereocenters. The molecule has 0 amide bonds. The Kier molecular flexibility index (Phi) is 2.89. The van der Waals surface area contributed by atoms with Crippen LogP contribution in [0.2, 0.25) is 0 Å². The van der Waals surface area contributed by atoms with Crippen LogP contribution in [0.4, 0.5) is 0 Å². The van der Waals surface area contributed by atoms with Gasteiger partial charge in [-0.25, -0.2) is 4.79 Å². The summed E-state index contributed by atoms with van der Waals surface area (Å²) in [6.07, 6.45) is 0. The van der Waals surface area contributed by atoms with Crippen LogP contribution in [-0.4, -0.2) is 11.1 Å². The van der Waals surface area contributed by atoms with Gasteiger partial charge in [-0.2, -0.15) is 5.26 Å². The number of carboxylic acid groups (broad SMARTS) is 1. The van der Waals surface area contributed by atoms with Crippen LogP contribution in [-0.2, 0) is 0 Å². The van der Waals surface area contributed by atoms with Gasteiger partial charge >= 0.3 is 5.97 Å². The number of nitriles is 1. The predicted octanol–water partition coefficient (Wildman–Crippen LogP) is 1.57. The summed E-state index contributed by atoms with van der Waals surface area (Å²) in [5.74, 6) is 3.83. The van der Waals surface area contributed by atoms with E-state index < -0.39 is 5.97 Å². The monoisotopic (exact) mass is 185 g/mol. The Bertz CT molecular complexity index is 472. The third-order valence-corrected chi connectivity index (χ3v) is 1.82. The summed E-state index contributed by atoms with van der Waals surface area (Å²) >= 11 is 0. The van der Waals surface area contributed by atoms with Gasteiger partial charge in [-0.1, -0.05) is 12.0 Å². The van der Waals surface area contributed by atoms with Gasteiger partial charge in [0, 0.05) is 11.5 Å². The zero-order chi connectivity index (χ0) is 10.6. The van der Waals surface area contributed by atoms with Gasteiger partial charge in [-0.15, -0.1) is 0 Å². The van der Waals surface area contributed by atoms with Crippen LogP contribution in [0.3, 0.4) is 0 Å². The van der Waals surface area contributed by atoms with E-state index in [1.54, 1.807) is 25.1 Å². The first-order chi connectivity index (χ1) is 6.66. The van der Waals surface area contributed by atoms with Gasteiger partial charge in [-0.3, -0.25) is 0 Å². The van der Waals surface area contributed by atoms with Crippen LogP contribution in [0.25, 0.3) is 0 Å². The molecule has 0 aromatic heterocycles. The molecule has 0 spiro atoms. The molecule has 0 bridgehead atoms. The van der Waals surface area contributed by atoms with Crippen molar-refractivity contribution in [2.45, 2.75) is 6.92 Å². The number of aromatic carboxylic acids is 1. The minimum Gasteiger partial charge on any atom is -0.478 e. The molecule has 0 saturated carbocycles. The average molecular weight is 185 g/mol. The Morgan fingerprint density at radius 2 is 2.21 bits per heavy atom. The lowest BCUT2D eigenvalue weighted by atomic mass is 10.0. The van der Waals surface area contributed by atoms with Gasteiger partial charge in [-0.05, 0) is 24.6 Å². The lowest BCUT2D eigenvalue weighted by Gasteiger charge is -2.01. The second-order valence-corrected chi connectivity index (χ2v) is 2.65. The molecule has 0 radical (unpaired) electrons. The maximum absolute atomic E-state index is 10.7. The molecular formula is C11H7NO2. The van der Waals surface area contributed by atoms with Crippen LogP contribution in [0.1, 0.15) is 21.5 Å². The molecule has 1 N–H and O–H groups in total. The lowest BCUT2D eigenvalue weighted by molar-refractivity contribution is 0.0696. The molecule has 3 heteroatoms. The van der Waals surface area contributed by atoms with Crippen molar-refractivity contribution >= 4 is 5.97 Å². The predicted molar refractivity (Wildman–Crippen MR) is 50.6 cm³/mol. The molecule has 0 atom stereocenters. The third kappa shape index (κ3) is 1.91. The van der Waals surface area contributed by atoms with Crippen LogP contribution in [0, 0.1) is 30.1 Å². The summed E-state index contributed by atoms with van der Waals surface area (Å²) in [6.45, 7) is 1.67. The minimum absolute atomic E-state index is 0.217. The summed E-state index contributed by atoms with van der Waals surface area (Å²) in [4.78, 5) is 10.7. The van der Waals surface area contributed by atoms with E-state index in [2.05, 4.69) is 11.8 Å². The van der Waals surface area contributed by atoms with Gasteiger partial charge in [0.05, 0.1) is 5.56 Å². The number of rotatable bonds is 1. The molecule has 1 aromatic rings. The molecule has 0 aliphatic heterocycles. The van der Waals surface area contributed by atoms with E-state index in [9.17, 15) is 4.79 Å². The van der Waals surface area contributed by atoms with Crippen LogP contribution >= 0.6 is 0 Å². The number of hydrogen-bond acceptors (Lipinski definition) is 2. The molecule has 0 fully saturated rings. The smallest absolute Gasteiger partial charge is 0.335 e. The van der Waals surface area contributed by atoms with Crippen molar-refractivity contribution in [3.05, 3.63) is 34.9 Å². The molecule has 1 aromatic carbocycles. The Morgan fingerprint density at radius 1 is 1.50 bits per heavy atom. The van der Waals surface area contributed by atoms with Crippen molar-refractivity contribution in [3.8, 4) is 17.9 Å². The van der Waals surface area contributed by atoms with E-state index in [0.29, 0.717) is 11.1 Å². The highest BCUT2D eigenvalue weighted by molar-refractivity contribution is 5.90. The van der Waals surface area contributed by atoms with Crippen LogP contribution in [0.15, 0.2) is 18.2 Å². The van der Waals surface area contributed by atoms with Crippen molar-refractivity contribution in [1.82, 2.24) is 0 Å². The fourth-order valence-electron chi connectivity index (χ4n) is 1.10. The summed E-state index contributed by atoms with van der Waals surface area (Å²) in [7, 11) is 0. The van der Waals surface area contributed by atoms with E-state index in [1.165, 1.54) is 6.07 Å². The Morgan fingerprint density at radius 3 is 2.79 bits per heavy atom. The first-order valence-corrected chi connectivity index (χ1v) is 3.90. The molecule has 0 aliphatic carbocycles. The summed E-state index contributed by atoms with van der Waals surface area (Å²) in [5, 5.41) is 17.1. The van der Waals surface area contributed by atoms with E-state index in [1.807, 2.05) is 0 Å². The summed E-state index contributed by atoms with van der Waals surface area (Å²) in [6, 6.07) is 6.49. The second kappa shape index (κ2) is 4.11. The maximum atomic E-state index is 10.7. The molecule has 0 heterocycles. The standard InChI is InChI=1S/C11H7NO2/c1-8-9(5-3-7-12)4-2-6-10(8)11(13)14/h2,4,6H,1H3,(H,13,14). The van der Waals surface area contributed by atoms with Gasteiger partial charge in [0.15, 0.2) is 6.07 Å². The Labute approximate surface area is 81.6 Å². The molecule has 68 valence electrons. The first kappa shape index (κ1) is 9.83. The minimum atomic E-state index is -0.983. The van der Waals surface area contributed by atoms with E-state index in [4.69, 9.17) is 10.4 Å². The highest BCUT2D eigenvalue weighted by Crippen LogP contribution is 2.12. The topological polar surface area (TPSA) is 61.1 Å². The largest absolute Gasteiger partial charge is 0.478 e. The van der Waals surface area contributed by atoms with Gasteiger partial charge in [0.25, 0.3) is 0 Å². The number of carboxylic acids is 1. The Hall–Kier alpha value is -2.26. The van der Waals surface area contributed by atoms with E-state index >= 15 is 0 Å². The quantitative estimate of drug-likeness (QED) is 0.675. The SMILES string of the molecule is Cc1c(C#CC#N)cccc1C(=O)O. The first-order valence-electron chi connectivity index (χ1n) is 3.90. The lowest BCUT2D eigenvalue weighted by Crippen LogP contribution is -2.00. The molecule has 1 rings (SSSR count). The molecule has 0 saturated heterocycles. The van der Waals surface area contributed by atoms with Crippen molar-refractivity contribution in [3.63, 3.8) is 0 Å². The van der Waals surface area contributed by atoms with Gasteiger partial charge < -0.3 is 5.11 Å². The summed E-state index contributed by atoms with van der Waals surface area (Å²) < 4.78 is 0. The number of nitrogens with zero attached hydrogens (tertiary/aromatic N) is 1. The molecule has 0 aliphatic rings. The maximum Gasteiger partial charge on any atom is 0.335 e. The highest BCUT2D eigenvalue weighted by Gasteiger charge is 2.07.